The van der Waals surface area contributed by atoms with E-state index in [0.29, 0.717) is 0 Å². The number of hydrogen-bond acceptors (Lipinski definition) is 2. The van der Waals surface area contributed by atoms with Gasteiger partial charge in [-0.25, -0.2) is 0 Å². The lowest BCUT2D eigenvalue weighted by atomic mass is 10.0. The average molecular weight is 218 g/mol. The fraction of sp³-hybridized carbons (Fsp3) is 0.462. The Bertz CT molecular complexity index is 401. The summed E-state index contributed by atoms with van der Waals surface area (Å²) in [5.41, 5.74) is 9.21. The molecule has 0 radical (unpaired) electrons. The zero-order valence-corrected chi connectivity index (χ0v) is 9.70. The lowest BCUT2D eigenvalue weighted by molar-refractivity contribution is -0.116. The van der Waals surface area contributed by atoms with E-state index in [1.807, 2.05) is 4.90 Å². The first kappa shape index (κ1) is 11.1. The fourth-order valence-electron chi connectivity index (χ4n) is 2.24. The SMILES string of the molecule is CC(=O)N1CCc2cc(CCCN)ccc21. The molecule has 86 valence electrons. The Kier molecular flexibility index (Phi) is 3.25. The number of nitrogens with two attached hydrogens (primary N) is 1. The summed E-state index contributed by atoms with van der Waals surface area (Å²) in [5, 5.41) is 0. The Hall–Kier alpha value is -1.35. The van der Waals surface area contributed by atoms with Gasteiger partial charge in [0.2, 0.25) is 5.91 Å². The maximum atomic E-state index is 11.4. The molecule has 0 saturated carbocycles. The van der Waals surface area contributed by atoms with E-state index in [4.69, 9.17) is 5.73 Å². The number of hydrogen-bond donors (Lipinski definition) is 1. The van der Waals surface area contributed by atoms with Gasteiger partial charge in [-0.2, -0.15) is 0 Å². The van der Waals surface area contributed by atoms with Crippen molar-refractivity contribution in [1.82, 2.24) is 0 Å². The monoisotopic (exact) mass is 218 g/mol. The minimum absolute atomic E-state index is 0.133. The van der Waals surface area contributed by atoms with Crippen LogP contribution < -0.4 is 10.6 Å². The van der Waals surface area contributed by atoms with Crippen LogP contribution >= 0.6 is 0 Å². The van der Waals surface area contributed by atoms with E-state index in [0.717, 1.165) is 38.0 Å². The number of carbonyl (C=O) groups is 1. The highest BCUT2D eigenvalue weighted by Gasteiger charge is 2.21. The van der Waals surface area contributed by atoms with Gasteiger partial charge < -0.3 is 10.6 Å². The van der Waals surface area contributed by atoms with Crippen LogP contribution in [0, 0.1) is 0 Å². The second-order valence-corrected chi connectivity index (χ2v) is 4.28. The molecule has 2 N–H and O–H groups in total. The molecule has 0 bridgehead atoms. The number of rotatable bonds is 3. The standard InChI is InChI=1S/C13H18N2O/c1-10(16)15-8-6-12-9-11(3-2-7-14)4-5-13(12)15/h4-5,9H,2-3,6-8,14H2,1H3. The summed E-state index contributed by atoms with van der Waals surface area (Å²) in [4.78, 5) is 13.2. The van der Waals surface area contributed by atoms with Crippen molar-refractivity contribution >= 4 is 11.6 Å². The van der Waals surface area contributed by atoms with Gasteiger partial charge in [-0.3, -0.25) is 4.79 Å². The molecule has 0 spiro atoms. The van der Waals surface area contributed by atoms with E-state index in [1.165, 1.54) is 11.1 Å². The van der Waals surface area contributed by atoms with E-state index in [-0.39, 0.29) is 5.91 Å². The van der Waals surface area contributed by atoms with Crippen molar-refractivity contribution in [3.8, 4) is 0 Å². The molecule has 1 aromatic rings. The van der Waals surface area contributed by atoms with Crippen LogP contribution in [0.4, 0.5) is 5.69 Å². The molecule has 1 aliphatic heterocycles. The number of carbonyl (C=O) groups excluding carboxylic acids is 1. The predicted molar refractivity (Wildman–Crippen MR) is 65.5 cm³/mol. The summed E-state index contributed by atoms with van der Waals surface area (Å²) in [6.45, 7) is 3.18. The number of nitrogens with zero attached hydrogens (tertiary/aromatic N) is 1. The Morgan fingerprint density at radius 2 is 2.31 bits per heavy atom. The number of fused-ring (bicyclic) bond motifs is 1. The molecule has 3 heteroatoms. The molecule has 0 saturated heterocycles. The molecule has 1 aliphatic rings. The maximum Gasteiger partial charge on any atom is 0.223 e. The van der Waals surface area contributed by atoms with Crippen molar-refractivity contribution in [2.75, 3.05) is 18.0 Å². The maximum absolute atomic E-state index is 11.4. The zero-order valence-electron chi connectivity index (χ0n) is 9.70. The topological polar surface area (TPSA) is 46.3 Å². The molecule has 0 aliphatic carbocycles. The van der Waals surface area contributed by atoms with Crippen LogP contribution in [0.25, 0.3) is 0 Å². The van der Waals surface area contributed by atoms with Crippen molar-refractivity contribution in [2.24, 2.45) is 5.73 Å². The Morgan fingerprint density at radius 3 is 3.00 bits per heavy atom. The van der Waals surface area contributed by atoms with E-state index < -0.39 is 0 Å². The molecular weight excluding hydrogens is 200 g/mol. The minimum Gasteiger partial charge on any atom is -0.330 e. The summed E-state index contributed by atoms with van der Waals surface area (Å²) >= 11 is 0. The Balaban J connectivity index is 2.19. The first-order chi connectivity index (χ1) is 7.72. The molecule has 2 rings (SSSR count). The Morgan fingerprint density at radius 1 is 1.50 bits per heavy atom. The van der Waals surface area contributed by atoms with Crippen LogP contribution in [0.2, 0.25) is 0 Å². The molecule has 16 heavy (non-hydrogen) atoms. The van der Waals surface area contributed by atoms with Gasteiger partial charge in [0.1, 0.15) is 0 Å². The van der Waals surface area contributed by atoms with Crippen molar-refractivity contribution in [1.29, 1.82) is 0 Å². The third-order valence-electron chi connectivity index (χ3n) is 3.09. The summed E-state index contributed by atoms with van der Waals surface area (Å²) in [6.07, 6.45) is 3.03. The van der Waals surface area contributed by atoms with Crippen LogP contribution in [0.5, 0.6) is 0 Å². The summed E-state index contributed by atoms with van der Waals surface area (Å²) in [5.74, 6) is 0.133. The van der Waals surface area contributed by atoms with Gasteiger partial charge in [-0.05, 0) is 43.0 Å². The third-order valence-corrected chi connectivity index (χ3v) is 3.09. The summed E-state index contributed by atoms with van der Waals surface area (Å²) in [6, 6.07) is 6.39. The van der Waals surface area contributed by atoms with Gasteiger partial charge in [0.15, 0.2) is 0 Å². The normalized spacial score (nSPS) is 14.0. The zero-order chi connectivity index (χ0) is 11.5. The molecule has 0 atom stereocenters. The highest BCUT2D eigenvalue weighted by Crippen LogP contribution is 2.29. The first-order valence-electron chi connectivity index (χ1n) is 5.82. The van der Waals surface area contributed by atoms with Crippen LogP contribution in [0.15, 0.2) is 18.2 Å². The van der Waals surface area contributed by atoms with Crippen LogP contribution in [0.3, 0.4) is 0 Å². The van der Waals surface area contributed by atoms with Crippen molar-refractivity contribution in [2.45, 2.75) is 26.2 Å². The Labute approximate surface area is 96.2 Å². The number of anilines is 1. The molecule has 1 aromatic carbocycles. The lowest BCUT2D eigenvalue weighted by Crippen LogP contribution is -2.25. The van der Waals surface area contributed by atoms with Gasteiger partial charge in [-0.1, -0.05) is 12.1 Å². The van der Waals surface area contributed by atoms with Crippen LogP contribution in [-0.2, 0) is 17.6 Å². The summed E-state index contributed by atoms with van der Waals surface area (Å²) in [7, 11) is 0. The minimum atomic E-state index is 0.133. The van der Waals surface area contributed by atoms with Gasteiger partial charge in [0.05, 0.1) is 0 Å². The molecular formula is C13H18N2O. The highest BCUT2D eigenvalue weighted by molar-refractivity contribution is 5.93. The van der Waals surface area contributed by atoms with Gasteiger partial charge in [0, 0.05) is 19.2 Å². The van der Waals surface area contributed by atoms with E-state index in [1.54, 1.807) is 6.92 Å². The van der Waals surface area contributed by atoms with Crippen LogP contribution in [0.1, 0.15) is 24.5 Å². The molecule has 0 unspecified atom stereocenters. The predicted octanol–water partition coefficient (Wildman–Crippen LogP) is 1.49. The number of amides is 1. The summed E-state index contributed by atoms with van der Waals surface area (Å²) < 4.78 is 0. The third kappa shape index (κ3) is 2.09. The lowest BCUT2D eigenvalue weighted by Gasteiger charge is -2.14. The fourth-order valence-corrected chi connectivity index (χ4v) is 2.24. The highest BCUT2D eigenvalue weighted by atomic mass is 16.2. The van der Waals surface area contributed by atoms with Crippen molar-refractivity contribution < 1.29 is 4.79 Å². The van der Waals surface area contributed by atoms with E-state index in [9.17, 15) is 4.79 Å². The number of benzene rings is 1. The largest absolute Gasteiger partial charge is 0.330 e. The second kappa shape index (κ2) is 4.66. The van der Waals surface area contributed by atoms with E-state index >= 15 is 0 Å². The van der Waals surface area contributed by atoms with Crippen molar-refractivity contribution in [3.63, 3.8) is 0 Å². The smallest absolute Gasteiger partial charge is 0.223 e. The molecule has 1 heterocycles. The van der Waals surface area contributed by atoms with Gasteiger partial charge in [-0.15, -0.1) is 0 Å². The number of aryl methyl sites for hydroxylation is 1. The van der Waals surface area contributed by atoms with Crippen molar-refractivity contribution in [3.05, 3.63) is 29.3 Å². The molecule has 1 amide bonds. The molecule has 0 aromatic heterocycles. The van der Waals surface area contributed by atoms with Gasteiger partial charge >= 0.3 is 0 Å². The average Bonchev–Trinajstić information content (AvgIpc) is 2.69. The van der Waals surface area contributed by atoms with Crippen LogP contribution in [-0.4, -0.2) is 19.0 Å². The quantitative estimate of drug-likeness (QED) is 0.835. The molecule has 3 nitrogen and oxygen atoms in total. The second-order valence-electron chi connectivity index (χ2n) is 4.28. The van der Waals surface area contributed by atoms with Gasteiger partial charge in [0.25, 0.3) is 0 Å². The van der Waals surface area contributed by atoms with E-state index in [2.05, 4.69) is 18.2 Å². The molecule has 0 fully saturated rings. The first-order valence-corrected chi connectivity index (χ1v) is 5.82.